The molecular formula is C34H34ClN3O6S2. The zero-order valence-electron chi connectivity index (χ0n) is 25.7. The molecule has 1 amide bonds. The fourth-order valence-corrected chi connectivity index (χ4v) is 7.13. The third-order valence-electron chi connectivity index (χ3n) is 7.31. The number of anilines is 1. The number of ether oxygens (including phenoxy) is 3. The van der Waals surface area contributed by atoms with E-state index in [0.29, 0.717) is 56.7 Å². The van der Waals surface area contributed by atoms with Crippen LogP contribution in [0.2, 0.25) is 5.02 Å². The van der Waals surface area contributed by atoms with Gasteiger partial charge in [-0.05, 0) is 66.9 Å². The molecule has 2 heterocycles. The van der Waals surface area contributed by atoms with E-state index in [9.17, 15) is 14.7 Å². The van der Waals surface area contributed by atoms with Crippen molar-refractivity contribution in [2.75, 3.05) is 25.2 Å². The van der Waals surface area contributed by atoms with E-state index < -0.39 is 17.7 Å². The summed E-state index contributed by atoms with van der Waals surface area (Å²) in [5.74, 6) is 0.186. The van der Waals surface area contributed by atoms with Gasteiger partial charge in [0.25, 0.3) is 5.78 Å². The van der Waals surface area contributed by atoms with Gasteiger partial charge in [0.2, 0.25) is 5.13 Å². The van der Waals surface area contributed by atoms with Crippen LogP contribution in [0.4, 0.5) is 5.13 Å². The van der Waals surface area contributed by atoms with Crippen molar-refractivity contribution in [1.29, 1.82) is 0 Å². The van der Waals surface area contributed by atoms with Crippen molar-refractivity contribution in [3.8, 4) is 17.2 Å². The third kappa shape index (κ3) is 7.32. The number of thioether (sulfide) groups is 1. The molecule has 3 aromatic carbocycles. The molecule has 1 unspecified atom stereocenters. The standard InChI is InChI=1S/C34H34ClN3O6S2/c1-4-6-9-18-44-26-17-14-22(19-27(26)43-5-2)29-28(30(39)21-12-15-24(42-3)16-13-21)31(40)32(41)38(29)33-36-37-34(46-33)45-20-23-10-7-8-11-25(23)35/h7-8,10-17,19,29,39H,4-6,9,18,20H2,1-3H3. The molecule has 0 saturated carbocycles. The number of aliphatic hydroxyl groups excluding tert-OH is 1. The number of aliphatic hydroxyl groups is 1. The second-order valence-corrected chi connectivity index (χ2v) is 12.9. The number of unbranched alkanes of at least 4 members (excludes halogenated alkanes) is 2. The SMILES string of the molecule is CCCCCOc1ccc(C2C(=C(O)c3ccc(OC)cc3)C(=O)C(=O)N2c2nnc(SCc3ccccc3Cl)s2)cc1OCC. The second kappa shape index (κ2) is 15.5. The molecule has 0 aliphatic carbocycles. The van der Waals surface area contributed by atoms with Crippen LogP contribution in [-0.4, -0.2) is 47.3 Å². The van der Waals surface area contributed by atoms with Gasteiger partial charge >= 0.3 is 5.91 Å². The summed E-state index contributed by atoms with van der Waals surface area (Å²) in [7, 11) is 1.54. The molecule has 46 heavy (non-hydrogen) atoms. The van der Waals surface area contributed by atoms with Crippen LogP contribution < -0.4 is 19.1 Å². The smallest absolute Gasteiger partial charge is 0.301 e. The summed E-state index contributed by atoms with van der Waals surface area (Å²) >= 11 is 8.94. The number of ketones is 1. The van der Waals surface area contributed by atoms with Gasteiger partial charge in [0.1, 0.15) is 11.5 Å². The van der Waals surface area contributed by atoms with E-state index in [2.05, 4.69) is 17.1 Å². The number of carbonyl (C=O) groups is 2. The van der Waals surface area contributed by atoms with Gasteiger partial charge in [-0.15, -0.1) is 10.2 Å². The first kappa shape index (κ1) is 33.3. The van der Waals surface area contributed by atoms with Crippen molar-refractivity contribution in [2.24, 2.45) is 0 Å². The average molecular weight is 680 g/mol. The van der Waals surface area contributed by atoms with E-state index >= 15 is 0 Å². The number of carbonyl (C=O) groups excluding carboxylic acids is 2. The van der Waals surface area contributed by atoms with Crippen LogP contribution in [0.25, 0.3) is 5.76 Å². The Hall–Kier alpha value is -4.06. The normalized spacial score (nSPS) is 15.7. The lowest BCUT2D eigenvalue weighted by Gasteiger charge is -2.23. The highest BCUT2D eigenvalue weighted by atomic mass is 35.5. The highest BCUT2D eigenvalue weighted by Crippen LogP contribution is 2.46. The molecule has 0 radical (unpaired) electrons. The van der Waals surface area contributed by atoms with Crippen LogP contribution in [0.5, 0.6) is 17.2 Å². The maximum Gasteiger partial charge on any atom is 0.301 e. The monoisotopic (exact) mass is 679 g/mol. The molecule has 1 aromatic heterocycles. The van der Waals surface area contributed by atoms with Crippen LogP contribution >= 0.6 is 34.7 Å². The van der Waals surface area contributed by atoms with Crippen molar-refractivity contribution in [1.82, 2.24) is 10.2 Å². The average Bonchev–Trinajstić information content (AvgIpc) is 3.64. The third-order valence-corrected chi connectivity index (χ3v) is 9.78. The first-order valence-electron chi connectivity index (χ1n) is 14.9. The van der Waals surface area contributed by atoms with Gasteiger partial charge in [-0.3, -0.25) is 14.5 Å². The summed E-state index contributed by atoms with van der Waals surface area (Å²) in [4.78, 5) is 28.7. The maximum absolute atomic E-state index is 13.7. The first-order valence-corrected chi connectivity index (χ1v) is 17.1. The van der Waals surface area contributed by atoms with Gasteiger partial charge in [-0.25, -0.2) is 0 Å². The Bertz CT molecular complexity index is 1730. The zero-order valence-corrected chi connectivity index (χ0v) is 28.1. The molecule has 0 spiro atoms. The lowest BCUT2D eigenvalue weighted by atomic mass is 9.95. The van der Waals surface area contributed by atoms with Gasteiger partial charge in [-0.2, -0.15) is 0 Å². The number of aromatic nitrogens is 2. The second-order valence-electron chi connectivity index (χ2n) is 10.3. The van der Waals surface area contributed by atoms with Crippen LogP contribution in [0.15, 0.2) is 76.6 Å². The minimum atomic E-state index is -1.01. The zero-order chi connectivity index (χ0) is 32.6. The molecule has 5 rings (SSSR count). The molecule has 1 atom stereocenters. The Kier molecular flexibility index (Phi) is 11.2. The van der Waals surface area contributed by atoms with Crippen LogP contribution in [0.1, 0.15) is 55.8 Å². The van der Waals surface area contributed by atoms with Gasteiger partial charge in [0.15, 0.2) is 15.8 Å². The summed E-state index contributed by atoms with van der Waals surface area (Å²) in [6, 6.07) is 18.4. The minimum absolute atomic E-state index is 0.0744. The van der Waals surface area contributed by atoms with Crippen molar-refractivity contribution in [3.05, 3.63) is 94.0 Å². The van der Waals surface area contributed by atoms with E-state index in [0.717, 1.165) is 24.8 Å². The number of rotatable bonds is 14. The molecule has 1 fully saturated rings. The highest BCUT2D eigenvalue weighted by molar-refractivity contribution is 8.00. The number of methoxy groups -OCH3 is 1. The Morgan fingerprint density at radius 1 is 1.00 bits per heavy atom. The predicted molar refractivity (Wildman–Crippen MR) is 181 cm³/mol. The van der Waals surface area contributed by atoms with Gasteiger partial charge < -0.3 is 19.3 Å². The van der Waals surface area contributed by atoms with Gasteiger partial charge in [0.05, 0.1) is 31.9 Å². The molecule has 240 valence electrons. The molecule has 9 nitrogen and oxygen atoms in total. The fourth-order valence-electron chi connectivity index (χ4n) is 4.98. The molecule has 1 N–H and O–H groups in total. The topological polar surface area (TPSA) is 111 Å². The molecule has 12 heteroatoms. The van der Waals surface area contributed by atoms with Crippen LogP contribution in [0, 0.1) is 0 Å². The minimum Gasteiger partial charge on any atom is -0.507 e. The van der Waals surface area contributed by atoms with Gasteiger partial charge in [0, 0.05) is 16.3 Å². The van der Waals surface area contributed by atoms with E-state index in [1.165, 1.54) is 35.1 Å². The number of hydrogen-bond donors (Lipinski definition) is 1. The number of halogens is 1. The molecule has 1 aliphatic rings. The Morgan fingerprint density at radius 3 is 2.50 bits per heavy atom. The molecule has 0 bridgehead atoms. The Balaban J connectivity index is 1.55. The van der Waals surface area contributed by atoms with Crippen molar-refractivity contribution in [3.63, 3.8) is 0 Å². The lowest BCUT2D eigenvalue weighted by molar-refractivity contribution is -0.132. The Morgan fingerprint density at radius 2 is 1.78 bits per heavy atom. The van der Waals surface area contributed by atoms with E-state index in [-0.39, 0.29) is 16.5 Å². The van der Waals surface area contributed by atoms with Crippen molar-refractivity contribution < 1.29 is 28.9 Å². The highest BCUT2D eigenvalue weighted by Gasteiger charge is 2.48. The maximum atomic E-state index is 13.7. The van der Waals surface area contributed by atoms with Crippen molar-refractivity contribution >= 4 is 57.3 Å². The Labute approximate surface area is 281 Å². The number of benzene rings is 3. The van der Waals surface area contributed by atoms with Crippen LogP contribution in [0.3, 0.4) is 0 Å². The molecule has 1 aliphatic heterocycles. The van der Waals surface area contributed by atoms with E-state index in [1.54, 1.807) is 42.5 Å². The summed E-state index contributed by atoms with van der Waals surface area (Å²) in [5, 5.41) is 21.0. The summed E-state index contributed by atoms with van der Waals surface area (Å²) < 4.78 is 17.8. The largest absolute Gasteiger partial charge is 0.507 e. The molecule has 4 aromatic rings. The summed E-state index contributed by atoms with van der Waals surface area (Å²) in [6.07, 6.45) is 3.02. The van der Waals surface area contributed by atoms with Gasteiger partial charge in [-0.1, -0.05) is 78.7 Å². The number of Topliss-reactive ketones (excluding diaryl/α,β-unsaturated/α-hetero) is 1. The lowest BCUT2D eigenvalue weighted by Crippen LogP contribution is -2.29. The molecule has 1 saturated heterocycles. The summed E-state index contributed by atoms with van der Waals surface area (Å²) in [5.41, 5.74) is 1.76. The quantitative estimate of drug-likeness (QED) is 0.0353. The van der Waals surface area contributed by atoms with E-state index in [4.69, 9.17) is 25.8 Å². The van der Waals surface area contributed by atoms with E-state index in [1.807, 2.05) is 31.2 Å². The van der Waals surface area contributed by atoms with Crippen molar-refractivity contribution in [2.45, 2.75) is 49.2 Å². The van der Waals surface area contributed by atoms with Crippen LogP contribution in [-0.2, 0) is 15.3 Å². The molecular weight excluding hydrogens is 646 g/mol. The number of hydrogen-bond acceptors (Lipinski definition) is 10. The first-order chi connectivity index (χ1) is 22.4. The number of nitrogens with zero attached hydrogens (tertiary/aromatic N) is 3. The summed E-state index contributed by atoms with van der Waals surface area (Å²) in [6.45, 7) is 4.90. The number of amides is 1. The predicted octanol–water partition coefficient (Wildman–Crippen LogP) is 8.09. The fraction of sp³-hybridized carbons (Fsp3) is 0.294.